The molecule has 0 radical (unpaired) electrons. The van der Waals surface area contributed by atoms with Crippen LogP contribution < -0.4 is 5.32 Å². The number of aliphatic hydroxyl groups is 1. The smallest absolute Gasteiger partial charge is 0.326 e. The van der Waals surface area contributed by atoms with Crippen molar-refractivity contribution in [1.82, 2.24) is 15.2 Å². The van der Waals surface area contributed by atoms with Gasteiger partial charge in [-0.05, 0) is 13.8 Å². The quantitative estimate of drug-likeness (QED) is 0.758. The van der Waals surface area contributed by atoms with Crippen LogP contribution in [-0.4, -0.2) is 50.8 Å². The van der Waals surface area contributed by atoms with Crippen molar-refractivity contribution in [2.24, 2.45) is 0 Å². The number of carbonyl (C=O) groups is 2. The van der Waals surface area contributed by atoms with Gasteiger partial charge in [0.15, 0.2) is 0 Å². The zero-order chi connectivity index (χ0) is 14.9. The Balaban J connectivity index is 2.10. The van der Waals surface area contributed by atoms with Gasteiger partial charge in [0, 0.05) is 24.5 Å². The number of urea groups is 1. The lowest BCUT2D eigenvalue weighted by molar-refractivity contribution is -0.141. The van der Waals surface area contributed by atoms with E-state index in [2.05, 4.69) is 10.3 Å². The van der Waals surface area contributed by atoms with E-state index in [-0.39, 0.29) is 13.0 Å². The molecule has 0 spiro atoms. The second-order valence-electron chi connectivity index (χ2n) is 5.29. The highest BCUT2D eigenvalue weighted by molar-refractivity contribution is 7.09. The number of hydrogen-bond donors (Lipinski definition) is 3. The normalized spacial score (nSPS) is 22.9. The van der Waals surface area contributed by atoms with Crippen molar-refractivity contribution in [3.8, 4) is 0 Å². The maximum Gasteiger partial charge on any atom is 0.326 e. The third-order valence-corrected chi connectivity index (χ3v) is 4.31. The Morgan fingerprint density at radius 2 is 2.25 bits per heavy atom. The van der Waals surface area contributed by atoms with E-state index in [1.165, 1.54) is 11.3 Å². The molecule has 1 aromatic heterocycles. The van der Waals surface area contributed by atoms with Crippen LogP contribution >= 0.6 is 11.3 Å². The van der Waals surface area contributed by atoms with Gasteiger partial charge < -0.3 is 20.4 Å². The Labute approximate surface area is 120 Å². The Hall–Kier alpha value is -1.67. The van der Waals surface area contributed by atoms with Gasteiger partial charge in [0.25, 0.3) is 0 Å². The number of rotatable bonds is 3. The van der Waals surface area contributed by atoms with Gasteiger partial charge in [0.2, 0.25) is 0 Å². The van der Waals surface area contributed by atoms with Gasteiger partial charge in [-0.2, -0.15) is 0 Å². The Morgan fingerprint density at radius 3 is 2.80 bits per heavy atom. The molecule has 0 aromatic carbocycles. The number of amides is 2. The first-order chi connectivity index (χ1) is 9.31. The molecule has 2 heterocycles. The summed E-state index contributed by atoms with van der Waals surface area (Å²) < 4.78 is 0. The van der Waals surface area contributed by atoms with Crippen LogP contribution in [0.5, 0.6) is 0 Å². The Morgan fingerprint density at radius 1 is 1.55 bits per heavy atom. The van der Waals surface area contributed by atoms with Crippen LogP contribution in [0, 0.1) is 0 Å². The van der Waals surface area contributed by atoms with Gasteiger partial charge in [-0.1, -0.05) is 0 Å². The van der Waals surface area contributed by atoms with E-state index in [0.29, 0.717) is 0 Å². The van der Waals surface area contributed by atoms with Crippen molar-refractivity contribution < 1.29 is 19.8 Å². The van der Waals surface area contributed by atoms with Crippen LogP contribution in [0.1, 0.15) is 25.3 Å². The van der Waals surface area contributed by atoms with Crippen molar-refractivity contribution >= 4 is 23.3 Å². The number of aliphatic hydroxyl groups excluding tert-OH is 1. The molecule has 1 aliphatic rings. The van der Waals surface area contributed by atoms with Crippen LogP contribution in [0.4, 0.5) is 4.79 Å². The third-order valence-electron chi connectivity index (χ3n) is 3.21. The molecule has 0 aliphatic carbocycles. The molecule has 7 nitrogen and oxygen atoms in total. The lowest BCUT2D eigenvalue weighted by Gasteiger charge is -2.29. The molecule has 8 heteroatoms. The minimum atomic E-state index is -1.11. The van der Waals surface area contributed by atoms with Crippen molar-refractivity contribution in [2.45, 2.75) is 38.0 Å². The van der Waals surface area contributed by atoms with Crippen molar-refractivity contribution in [2.75, 3.05) is 6.54 Å². The number of nitrogens with one attached hydrogen (secondary N) is 1. The molecule has 20 heavy (non-hydrogen) atoms. The maximum atomic E-state index is 12.2. The number of likely N-dealkylation sites (tertiary alicyclic amines) is 1. The fourth-order valence-electron chi connectivity index (χ4n) is 2.20. The molecular weight excluding hydrogens is 282 g/mol. The minimum absolute atomic E-state index is 0.0246. The highest BCUT2D eigenvalue weighted by Gasteiger charge is 2.40. The largest absolute Gasteiger partial charge is 0.480 e. The number of nitrogens with zero attached hydrogens (tertiary/aromatic N) is 2. The summed E-state index contributed by atoms with van der Waals surface area (Å²) in [7, 11) is 0. The lowest BCUT2D eigenvalue weighted by Crippen LogP contribution is -2.51. The van der Waals surface area contributed by atoms with E-state index in [0.717, 1.165) is 9.91 Å². The van der Waals surface area contributed by atoms with Crippen molar-refractivity contribution in [3.63, 3.8) is 0 Å². The molecule has 1 aliphatic heterocycles. The second kappa shape index (κ2) is 5.37. The fraction of sp³-hybridized carbons (Fsp3) is 0.583. The summed E-state index contributed by atoms with van der Waals surface area (Å²) in [5, 5.41) is 24.0. The van der Waals surface area contributed by atoms with Gasteiger partial charge in [0.1, 0.15) is 11.0 Å². The number of β-amino-alcohol motifs (C(OH)–C–C–N with tert-alkyl or cyclic N) is 1. The molecule has 2 atom stereocenters. The molecule has 1 saturated heterocycles. The van der Waals surface area contributed by atoms with E-state index >= 15 is 0 Å². The predicted molar refractivity (Wildman–Crippen MR) is 72.4 cm³/mol. The third kappa shape index (κ3) is 2.91. The van der Waals surface area contributed by atoms with E-state index in [9.17, 15) is 14.7 Å². The highest BCUT2D eigenvalue weighted by atomic mass is 32.1. The summed E-state index contributed by atoms with van der Waals surface area (Å²) in [5.41, 5.74) is -0.693. The molecule has 2 rings (SSSR count). The number of hydrogen-bond acceptors (Lipinski definition) is 5. The molecule has 110 valence electrons. The molecule has 2 unspecified atom stereocenters. The van der Waals surface area contributed by atoms with Gasteiger partial charge in [0.05, 0.1) is 11.6 Å². The predicted octanol–water partition coefficient (Wildman–Crippen LogP) is 0.608. The fourth-order valence-corrected chi connectivity index (χ4v) is 2.92. The van der Waals surface area contributed by atoms with E-state index in [4.69, 9.17) is 5.11 Å². The van der Waals surface area contributed by atoms with Gasteiger partial charge in [-0.3, -0.25) is 0 Å². The standard InChI is InChI=1S/C12H17N3O4S/c1-12(2,10-13-3-4-20-10)14-11(19)15-6-7(16)5-8(15)9(17)18/h3-4,7-8,16H,5-6H2,1-2H3,(H,14,19)(H,17,18). The molecule has 0 bridgehead atoms. The van der Waals surface area contributed by atoms with Gasteiger partial charge in [-0.15, -0.1) is 11.3 Å². The number of aliphatic carboxylic acids is 1. The van der Waals surface area contributed by atoms with Crippen LogP contribution in [0.3, 0.4) is 0 Å². The summed E-state index contributed by atoms with van der Waals surface area (Å²) in [6, 6.07) is -1.49. The summed E-state index contributed by atoms with van der Waals surface area (Å²) in [6.45, 7) is 3.62. The summed E-state index contributed by atoms with van der Waals surface area (Å²) >= 11 is 1.41. The summed E-state index contributed by atoms with van der Waals surface area (Å²) in [4.78, 5) is 28.7. The highest BCUT2D eigenvalue weighted by Crippen LogP contribution is 2.24. The van der Waals surface area contributed by atoms with E-state index in [1.54, 1.807) is 20.0 Å². The molecule has 0 saturated carbocycles. The topological polar surface area (TPSA) is 103 Å². The summed E-state index contributed by atoms with van der Waals surface area (Å²) in [6.07, 6.45) is 0.901. The number of carboxylic acids is 1. The first kappa shape index (κ1) is 14.7. The molecular formula is C12H17N3O4S. The molecule has 1 fully saturated rings. The van der Waals surface area contributed by atoms with Crippen LogP contribution in [0.25, 0.3) is 0 Å². The number of carboxylic acid groups (broad SMARTS) is 1. The number of aromatic nitrogens is 1. The summed E-state index contributed by atoms with van der Waals surface area (Å²) in [5.74, 6) is -1.11. The zero-order valence-corrected chi connectivity index (χ0v) is 12.1. The van der Waals surface area contributed by atoms with Crippen LogP contribution in [0.2, 0.25) is 0 Å². The SMILES string of the molecule is CC(C)(NC(=O)N1CC(O)CC1C(=O)O)c1nccs1. The number of carbonyl (C=O) groups excluding carboxylic acids is 1. The second-order valence-corrected chi connectivity index (χ2v) is 6.18. The molecule has 1 aromatic rings. The van der Waals surface area contributed by atoms with Gasteiger partial charge >= 0.3 is 12.0 Å². The number of thiazole rings is 1. The van der Waals surface area contributed by atoms with E-state index in [1.807, 2.05) is 5.38 Å². The zero-order valence-electron chi connectivity index (χ0n) is 11.2. The molecule has 3 N–H and O–H groups in total. The average molecular weight is 299 g/mol. The lowest BCUT2D eigenvalue weighted by atomic mass is 10.1. The van der Waals surface area contributed by atoms with Crippen LogP contribution in [-0.2, 0) is 10.3 Å². The van der Waals surface area contributed by atoms with Crippen molar-refractivity contribution in [1.29, 1.82) is 0 Å². The Kier molecular flexibility index (Phi) is 3.96. The first-order valence-electron chi connectivity index (χ1n) is 6.21. The minimum Gasteiger partial charge on any atom is -0.480 e. The van der Waals surface area contributed by atoms with Crippen LogP contribution in [0.15, 0.2) is 11.6 Å². The average Bonchev–Trinajstić information content (AvgIpc) is 2.96. The van der Waals surface area contributed by atoms with E-state index < -0.39 is 29.7 Å². The Bertz CT molecular complexity index is 503. The monoisotopic (exact) mass is 299 g/mol. The first-order valence-corrected chi connectivity index (χ1v) is 7.09. The van der Waals surface area contributed by atoms with Crippen molar-refractivity contribution in [3.05, 3.63) is 16.6 Å². The molecule has 2 amide bonds. The maximum absolute atomic E-state index is 12.2. The van der Waals surface area contributed by atoms with Gasteiger partial charge in [-0.25, -0.2) is 14.6 Å².